The van der Waals surface area contributed by atoms with E-state index in [2.05, 4.69) is 29.8 Å². The third kappa shape index (κ3) is 7.99. The SMILES string of the molecule is CC(C)[C@H](NC(=O)N[C@H](C(=O)N1C[C@H]2[C@@H]([C@H]1C(=O)NC(SCC1CCC1)C(=O)C(N)=O)C2(C)C)C(C)(C)C)C(=O)N(C)CC1CC1. The van der Waals surface area contributed by atoms with E-state index in [4.69, 9.17) is 5.73 Å². The summed E-state index contributed by atoms with van der Waals surface area (Å²) < 4.78 is 0. The van der Waals surface area contributed by atoms with Crippen molar-refractivity contribution in [3.63, 3.8) is 0 Å². The van der Waals surface area contributed by atoms with Crippen molar-refractivity contribution in [1.29, 1.82) is 0 Å². The van der Waals surface area contributed by atoms with E-state index in [0.29, 0.717) is 30.7 Å². The number of ketones is 1. The van der Waals surface area contributed by atoms with Crippen LogP contribution in [-0.4, -0.2) is 94.6 Å². The van der Waals surface area contributed by atoms with Crippen LogP contribution in [0.15, 0.2) is 0 Å². The number of nitrogens with two attached hydrogens (primary N) is 1. The van der Waals surface area contributed by atoms with Crippen LogP contribution in [0.25, 0.3) is 0 Å². The van der Waals surface area contributed by atoms with Crippen molar-refractivity contribution in [2.24, 2.45) is 46.2 Å². The number of carbonyl (C=O) groups excluding carboxylic acids is 6. The fourth-order valence-corrected chi connectivity index (χ4v) is 8.15. The Morgan fingerprint density at radius 3 is 2.11 bits per heavy atom. The molecule has 0 aromatic rings. The highest BCUT2D eigenvalue weighted by atomic mass is 32.2. The third-order valence-electron chi connectivity index (χ3n) is 10.5. The molecular formula is C33H54N6O6S. The lowest BCUT2D eigenvalue weighted by atomic mass is 9.85. The fraction of sp³-hybridized carbons (Fsp3) is 0.818. The Hall–Kier alpha value is -2.83. The van der Waals surface area contributed by atoms with Crippen molar-refractivity contribution in [2.75, 3.05) is 25.9 Å². The molecule has 13 heteroatoms. The Labute approximate surface area is 277 Å². The first-order valence-electron chi connectivity index (χ1n) is 16.7. The van der Waals surface area contributed by atoms with E-state index in [1.165, 1.54) is 16.7 Å². The molecule has 0 aromatic carbocycles. The summed E-state index contributed by atoms with van der Waals surface area (Å²) in [7, 11) is 1.75. The number of amides is 6. The lowest BCUT2D eigenvalue weighted by Gasteiger charge is -2.38. The summed E-state index contributed by atoms with van der Waals surface area (Å²) in [5.74, 6) is -1.78. The minimum atomic E-state index is -1.13. The highest BCUT2D eigenvalue weighted by molar-refractivity contribution is 8.00. The number of nitrogens with one attached hydrogen (secondary N) is 3. The molecule has 3 aliphatic carbocycles. The van der Waals surface area contributed by atoms with E-state index < -0.39 is 58.5 Å². The predicted molar refractivity (Wildman–Crippen MR) is 176 cm³/mol. The summed E-state index contributed by atoms with van der Waals surface area (Å²) in [6, 6.07) is -3.29. The number of carbonyl (C=O) groups is 6. The van der Waals surface area contributed by atoms with Crippen molar-refractivity contribution in [1.82, 2.24) is 25.8 Å². The number of fused-ring (bicyclic) bond motifs is 1. The van der Waals surface area contributed by atoms with Crippen molar-refractivity contribution < 1.29 is 28.8 Å². The van der Waals surface area contributed by atoms with Gasteiger partial charge in [0.15, 0.2) is 0 Å². The maximum Gasteiger partial charge on any atom is 0.316 e. The van der Waals surface area contributed by atoms with Gasteiger partial charge in [-0.2, -0.15) is 0 Å². The van der Waals surface area contributed by atoms with Gasteiger partial charge >= 0.3 is 6.03 Å². The molecule has 12 nitrogen and oxygen atoms in total. The Morgan fingerprint density at radius 2 is 1.61 bits per heavy atom. The first kappa shape index (κ1) is 36.0. The summed E-state index contributed by atoms with van der Waals surface area (Å²) in [4.78, 5) is 82.6. The molecule has 46 heavy (non-hydrogen) atoms. The Morgan fingerprint density at radius 1 is 0.978 bits per heavy atom. The molecule has 6 atom stereocenters. The number of urea groups is 1. The van der Waals surface area contributed by atoms with Crippen LogP contribution in [0.5, 0.6) is 0 Å². The summed E-state index contributed by atoms with van der Waals surface area (Å²) in [6.07, 6.45) is 5.40. The van der Waals surface area contributed by atoms with Crippen LogP contribution in [0.2, 0.25) is 0 Å². The van der Waals surface area contributed by atoms with Gasteiger partial charge in [-0.05, 0) is 71.9 Å². The molecule has 0 aromatic heterocycles. The van der Waals surface area contributed by atoms with E-state index >= 15 is 0 Å². The molecule has 1 heterocycles. The van der Waals surface area contributed by atoms with E-state index in [-0.39, 0.29) is 29.1 Å². The topological polar surface area (TPSA) is 171 Å². The summed E-state index contributed by atoms with van der Waals surface area (Å²) in [5.41, 5.74) is 4.40. The number of rotatable bonds is 14. The van der Waals surface area contributed by atoms with Crippen molar-refractivity contribution in [3.8, 4) is 0 Å². The highest BCUT2D eigenvalue weighted by Gasteiger charge is 2.70. The third-order valence-corrected chi connectivity index (χ3v) is 11.8. The van der Waals surface area contributed by atoms with Crippen molar-refractivity contribution in [2.45, 2.75) is 104 Å². The Kier molecular flexibility index (Phi) is 10.7. The van der Waals surface area contributed by atoms with Crippen LogP contribution in [-0.2, 0) is 24.0 Å². The van der Waals surface area contributed by atoms with E-state index in [0.717, 1.165) is 32.1 Å². The second-order valence-corrected chi connectivity index (χ2v) is 17.1. The Bertz CT molecular complexity index is 1230. The van der Waals surface area contributed by atoms with Gasteiger partial charge in [-0.25, -0.2) is 4.79 Å². The maximum atomic E-state index is 14.3. The molecule has 0 radical (unpaired) electrons. The molecule has 6 amide bonds. The predicted octanol–water partition coefficient (Wildman–Crippen LogP) is 2.11. The molecule has 4 rings (SSSR count). The van der Waals surface area contributed by atoms with E-state index in [9.17, 15) is 28.8 Å². The first-order chi connectivity index (χ1) is 21.3. The number of thioether (sulfide) groups is 1. The second kappa shape index (κ2) is 13.7. The van der Waals surface area contributed by atoms with Crippen LogP contribution in [0.1, 0.15) is 80.6 Å². The molecule has 1 unspecified atom stereocenters. The van der Waals surface area contributed by atoms with Gasteiger partial charge in [-0.15, -0.1) is 11.8 Å². The largest absolute Gasteiger partial charge is 0.363 e. The molecule has 258 valence electrons. The lowest BCUT2D eigenvalue weighted by Crippen LogP contribution is -2.62. The van der Waals surface area contributed by atoms with Crippen molar-refractivity contribution >= 4 is 47.2 Å². The number of hydrogen-bond acceptors (Lipinski definition) is 7. The van der Waals surface area contributed by atoms with Gasteiger partial charge in [0, 0.05) is 20.1 Å². The van der Waals surface area contributed by atoms with Gasteiger partial charge < -0.3 is 31.5 Å². The van der Waals surface area contributed by atoms with Gasteiger partial charge in [0.1, 0.15) is 23.5 Å². The van der Waals surface area contributed by atoms with E-state index in [1.54, 1.807) is 11.9 Å². The number of nitrogens with zero attached hydrogens (tertiary/aromatic N) is 2. The zero-order valence-electron chi connectivity index (χ0n) is 28.7. The quantitative estimate of drug-likeness (QED) is 0.163. The molecule has 3 saturated carbocycles. The van der Waals surface area contributed by atoms with Crippen LogP contribution in [0.3, 0.4) is 0 Å². The fourth-order valence-electron chi connectivity index (χ4n) is 6.89. The smallest absolute Gasteiger partial charge is 0.316 e. The maximum absolute atomic E-state index is 14.3. The standard InChI is InChI=1S/C33H54N6O6S/c1-17(2)22(29(43)38(8)14-18-12-13-18)35-31(45)36-25(32(3,4)5)30(44)39-15-20-21(33(20,6)7)23(39)27(42)37-28(24(40)26(34)41)46-16-19-10-9-11-19/h17-23,25,28H,9-16H2,1-8H3,(H2,34,41)(H,37,42)(H2,35,36,45)/t20-,21-,22-,23-,25+,28?/m0/s1. The minimum Gasteiger partial charge on any atom is -0.363 e. The van der Waals surface area contributed by atoms with Crippen LogP contribution >= 0.6 is 11.8 Å². The monoisotopic (exact) mass is 662 g/mol. The second-order valence-electron chi connectivity index (χ2n) is 15.9. The number of likely N-dealkylation sites (N-methyl/N-ethyl adjacent to an activating group) is 1. The van der Waals surface area contributed by atoms with Crippen LogP contribution < -0.4 is 21.7 Å². The molecule has 1 saturated heterocycles. The average Bonchev–Trinajstić information content (AvgIpc) is 3.78. The summed E-state index contributed by atoms with van der Waals surface area (Å²) in [5, 5.41) is 7.27. The van der Waals surface area contributed by atoms with Gasteiger partial charge in [-0.1, -0.05) is 54.9 Å². The lowest BCUT2D eigenvalue weighted by molar-refractivity contribution is -0.144. The molecule has 4 fully saturated rings. The number of piperidine rings is 1. The molecular weight excluding hydrogens is 608 g/mol. The highest BCUT2D eigenvalue weighted by Crippen LogP contribution is 2.65. The molecule has 4 aliphatic rings. The number of hydrogen-bond donors (Lipinski definition) is 4. The minimum absolute atomic E-state index is 0.0690. The summed E-state index contributed by atoms with van der Waals surface area (Å²) in [6.45, 7) is 14.3. The normalized spacial score (nSPS) is 25.4. The van der Waals surface area contributed by atoms with Crippen molar-refractivity contribution in [3.05, 3.63) is 0 Å². The molecule has 0 spiro atoms. The van der Waals surface area contributed by atoms with Gasteiger partial charge in [0.25, 0.3) is 11.7 Å². The number of likely N-dealkylation sites (tertiary alicyclic amines) is 1. The average molecular weight is 663 g/mol. The van der Waals surface area contributed by atoms with Gasteiger partial charge in [0.05, 0.1) is 0 Å². The zero-order valence-corrected chi connectivity index (χ0v) is 29.5. The first-order valence-corrected chi connectivity index (χ1v) is 17.8. The van der Waals surface area contributed by atoms with E-state index in [1.807, 2.05) is 34.6 Å². The molecule has 1 aliphatic heterocycles. The zero-order chi connectivity index (χ0) is 34.3. The number of primary amides is 1. The van der Waals surface area contributed by atoms with Gasteiger partial charge in [0.2, 0.25) is 17.7 Å². The number of Topliss-reactive ketones (excluding diaryl/α,β-unsaturated/α-hetero) is 1. The van der Waals surface area contributed by atoms with Crippen LogP contribution in [0, 0.1) is 40.4 Å². The summed E-state index contributed by atoms with van der Waals surface area (Å²) >= 11 is 1.21. The molecule has 5 N–H and O–H groups in total. The van der Waals surface area contributed by atoms with Crippen LogP contribution in [0.4, 0.5) is 4.79 Å². The Balaban J connectivity index is 1.49. The molecule has 0 bridgehead atoms. The van der Waals surface area contributed by atoms with Gasteiger partial charge in [-0.3, -0.25) is 24.0 Å².